The maximum Gasteiger partial charge on any atom is 0.226 e. The zero-order valence-electron chi connectivity index (χ0n) is 16.1. The Morgan fingerprint density at radius 2 is 1.59 bits per heavy atom. The molecule has 2 aliphatic rings. The van der Waals surface area contributed by atoms with Gasteiger partial charge in [0, 0.05) is 19.0 Å². The van der Waals surface area contributed by atoms with Crippen molar-refractivity contribution in [1.82, 2.24) is 9.80 Å². The minimum atomic E-state index is 0.223. The molecule has 1 amide bonds. The van der Waals surface area contributed by atoms with Gasteiger partial charge in [0.25, 0.3) is 0 Å². The summed E-state index contributed by atoms with van der Waals surface area (Å²) in [5.41, 5.74) is 4.16. The second kappa shape index (κ2) is 8.71. The highest BCUT2D eigenvalue weighted by Gasteiger charge is 2.30. The molecule has 27 heavy (non-hydrogen) atoms. The van der Waals surface area contributed by atoms with Crippen molar-refractivity contribution in [3.8, 4) is 0 Å². The summed E-state index contributed by atoms with van der Waals surface area (Å²) in [6.45, 7) is 4.96. The highest BCUT2D eigenvalue weighted by atomic mass is 16.2. The second-order valence-electron chi connectivity index (χ2n) is 7.98. The van der Waals surface area contributed by atoms with Crippen LogP contribution in [0.25, 0.3) is 0 Å². The molecule has 0 spiro atoms. The van der Waals surface area contributed by atoms with Gasteiger partial charge in [-0.2, -0.15) is 0 Å². The summed E-state index contributed by atoms with van der Waals surface area (Å²) in [5, 5.41) is 0. The lowest BCUT2D eigenvalue weighted by atomic mass is 9.93. The molecule has 2 aromatic carbocycles. The molecule has 142 valence electrons. The number of hydrogen-bond donors (Lipinski definition) is 0. The molecule has 1 saturated heterocycles. The van der Waals surface area contributed by atoms with E-state index in [9.17, 15) is 4.79 Å². The third-order valence-corrected chi connectivity index (χ3v) is 6.16. The third-order valence-electron chi connectivity index (χ3n) is 6.16. The molecule has 3 heteroatoms. The summed E-state index contributed by atoms with van der Waals surface area (Å²) in [4.78, 5) is 17.6. The van der Waals surface area contributed by atoms with Crippen LogP contribution < -0.4 is 0 Å². The quantitative estimate of drug-likeness (QED) is 0.805. The first-order chi connectivity index (χ1) is 13.3. The normalized spacial score (nSPS) is 18.3. The van der Waals surface area contributed by atoms with Crippen molar-refractivity contribution >= 4 is 5.91 Å². The van der Waals surface area contributed by atoms with Gasteiger partial charge in [-0.15, -0.1) is 0 Å². The first kappa shape index (κ1) is 18.2. The summed E-state index contributed by atoms with van der Waals surface area (Å²) in [6.07, 6.45) is 5.38. The molecule has 0 atom stereocenters. The Morgan fingerprint density at radius 1 is 0.889 bits per heavy atom. The van der Waals surface area contributed by atoms with Gasteiger partial charge < -0.3 is 9.80 Å². The van der Waals surface area contributed by atoms with Crippen molar-refractivity contribution in [3.05, 3.63) is 71.3 Å². The molecule has 1 fully saturated rings. The molecule has 2 aliphatic heterocycles. The Kier molecular flexibility index (Phi) is 5.88. The first-order valence-electron chi connectivity index (χ1n) is 10.4. The van der Waals surface area contributed by atoms with Crippen molar-refractivity contribution in [1.29, 1.82) is 0 Å². The SMILES string of the molecule is O=C(C1CCN(CCCc2ccccc2)CC1)N1CCc2ccccc2C1. The van der Waals surface area contributed by atoms with Gasteiger partial charge in [-0.25, -0.2) is 0 Å². The molecule has 0 bridgehead atoms. The van der Waals surface area contributed by atoms with Gasteiger partial charge in [0.15, 0.2) is 0 Å². The number of rotatable bonds is 5. The summed E-state index contributed by atoms with van der Waals surface area (Å²) >= 11 is 0. The Bertz CT molecular complexity index is 750. The number of hydrogen-bond acceptors (Lipinski definition) is 2. The molecule has 0 N–H and O–H groups in total. The molecular weight excluding hydrogens is 332 g/mol. The van der Waals surface area contributed by atoms with Crippen LogP contribution in [0.5, 0.6) is 0 Å². The number of amides is 1. The number of carbonyl (C=O) groups excluding carboxylic acids is 1. The van der Waals surface area contributed by atoms with E-state index >= 15 is 0 Å². The monoisotopic (exact) mass is 362 g/mol. The molecule has 0 radical (unpaired) electrons. The average Bonchev–Trinajstić information content (AvgIpc) is 2.74. The zero-order valence-corrected chi connectivity index (χ0v) is 16.1. The molecule has 0 aliphatic carbocycles. The number of aryl methyl sites for hydroxylation is 1. The van der Waals surface area contributed by atoms with Crippen LogP contribution >= 0.6 is 0 Å². The zero-order chi connectivity index (χ0) is 18.5. The number of likely N-dealkylation sites (tertiary alicyclic amines) is 1. The van der Waals surface area contributed by atoms with Crippen LogP contribution in [0.4, 0.5) is 0 Å². The third kappa shape index (κ3) is 4.59. The van der Waals surface area contributed by atoms with Crippen LogP contribution in [-0.2, 0) is 24.2 Å². The fourth-order valence-electron chi connectivity index (χ4n) is 4.50. The van der Waals surface area contributed by atoms with Gasteiger partial charge >= 0.3 is 0 Å². The number of benzene rings is 2. The van der Waals surface area contributed by atoms with Crippen molar-refractivity contribution < 1.29 is 4.79 Å². The van der Waals surface area contributed by atoms with Crippen LogP contribution in [0, 0.1) is 5.92 Å². The number of carbonyl (C=O) groups is 1. The predicted molar refractivity (Wildman–Crippen MR) is 109 cm³/mol. The van der Waals surface area contributed by atoms with Crippen LogP contribution in [0.3, 0.4) is 0 Å². The van der Waals surface area contributed by atoms with Crippen molar-refractivity contribution in [3.63, 3.8) is 0 Å². The van der Waals surface area contributed by atoms with Crippen molar-refractivity contribution in [2.75, 3.05) is 26.2 Å². The molecule has 2 heterocycles. The van der Waals surface area contributed by atoms with Crippen LogP contribution in [0.1, 0.15) is 36.0 Å². The van der Waals surface area contributed by atoms with E-state index in [2.05, 4.69) is 64.4 Å². The summed E-state index contributed by atoms with van der Waals surface area (Å²) in [7, 11) is 0. The smallest absolute Gasteiger partial charge is 0.226 e. The van der Waals surface area contributed by atoms with E-state index in [0.717, 1.165) is 58.4 Å². The Labute approximate surface area is 163 Å². The predicted octanol–water partition coefficient (Wildman–Crippen LogP) is 3.92. The molecule has 0 unspecified atom stereocenters. The largest absolute Gasteiger partial charge is 0.338 e. The molecule has 0 aromatic heterocycles. The van der Waals surface area contributed by atoms with Crippen LogP contribution in [-0.4, -0.2) is 41.9 Å². The summed E-state index contributed by atoms with van der Waals surface area (Å²) < 4.78 is 0. The lowest BCUT2D eigenvalue weighted by Gasteiger charge is -2.36. The van der Waals surface area contributed by atoms with Gasteiger partial charge in [0.2, 0.25) is 5.91 Å². The minimum Gasteiger partial charge on any atom is -0.338 e. The van der Waals surface area contributed by atoms with Crippen LogP contribution in [0.2, 0.25) is 0 Å². The van der Waals surface area contributed by atoms with Gasteiger partial charge in [-0.1, -0.05) is 54.6 Å². The topological polar surface area (TPSA) is 23.6 Å². The van der Waals surface area contributed by atoms with Crippen molar-refractivity contribution in [2.45, 2.75) is 38.6 Å². The molecular formula is C24H30N2O. The van der Waals surface area contributed by atoms with Crippen LogP contribution in [0.15, 0.2) is 54.6 Å². The Morgan fingerprint density at radius 3 is 2.37 bits per heavy atom. The number of piperidine rings is 1. The highest BCUT2D eigenvalue weighted by Crippen LogP contribution is 2.24. The summed E-state index contributed by atoms with van der Waals surface area (Å²) in [6, 6.07) is 19.3. The Balaban J connectivity index is 1.22. The Hall–Kier alpha value is -2.13. The second-order valence-corrected chi connectivity index (χ2v) is 7.98. The number of nitrogens with zero attached hydrogens (tertiary/aromatic N) is 2. The van der Waals surface area contributed by atoms with E-state index in [1.807, 2.05) is 0 Å². The van der Waals surface area contributed by atoms with E-state index < -0.39 is 0 Å². The maximum atomic E-state index is 13.0. The first-order valence-corrected chi connectivity index (χ1v) is 10.4. The average molecular weight is 363 g/mol. The van der Waals surface area contributed by atoms with Gasteiger partial charge in [0.1, 0.15) is 0 Å². The van der Waals surface area contributed by atoms with Gasteiger partial charge in [-0.05, 0) is 68.4 Å². The highest BCUT2D eigenvalue weighted by molar-refractivity contribution is 5.79. The fourth-order valence-corrected chi connectivity index (χ4v) is 4.50. The molecule has 2 aromatic rings. The number of fused-ring (bicyclic) bond motifs is 1. The fraction of sp³-hybridized carbons (Fsp3) is 0.458. The maximum absolute atomic E-state index is 13.0. The van der Waals surface area contributed by atoms with Gasteiger partial charge in [-0.3, -0.25) is 4.79 Å². The van der Waals surface area contributed by atoms with E-state index in [1.165, 1.54) is 23.1 Å². The van der Waals surface area contributed by atoms with E-state index in [4.69, 9.17) is 0 Å². The molecule has 0 saturated carbocycles. The van der Waals surface area contributed by atoms with E-state index in [0.29, 0.717) is 5.91 Å². The standard InChI is InChI=1S/C24H30N2O/c27-24(26-18-14-21-10-4-5-11-23(21)19-26)22-12-16-25(17-13-22)15-6-9-20-7-2-1-3-8-20/h1-5,7-8,10-11,22H,6,9,12-19H2. The van der Waals surface area contributed by atoms with Gasteiger partial charge in [0.05, 0.1) is 0 Å². The summed E-state index contributed by atoms with van der Waals surface area (Å²) in [5.74, 6) is 0.606. The van der Waals surface area contributed by atoms with E-state index in [1.54, 1.807) is 0 Å². The molecule has 3 nitrogen and oxygen atoms in total. The molecule has 4 rings (SSSR count). The van der Waals surface area contributed by atoms with E-state index in [-0.39, 0.29) is 5.92 Å². The van der Waals surface area contributed by atoms with Crippen molar-refractivity contribution in [2.24, 2.45) is 5.92 Å². The lowest BCUT2D eigenvalue weighted by molar-refractivity contribution is -0.138. The minimum absolute atomic E-state index is 0.223. The lowest BCUT2D eigenvalue weighted by Crippen LogP contribution is -2.44.